The summed E-state index contributed by atoms with van der Waals surface area (Å²) in [5, 5.41) is 20.5. The Hall–Kier alpha value is -3.12. The van der Waals surface area contributed by atoms with E-state index < -0.39 is 18.0 Å². The van der Waals surface area contributed by atoms with Crippen molar-refractivity contribution in [3.05, 3.63) is 35.9 Å². The lowest BCUT2D eigenvalue weighted by atomic mass is 9.93. The monoisotopic (exact) mass is 475 g/mol. The van der Waals surface area contributed by atoms with Crippen LogP contribution in [0.1, 0.15) is 61.1 Å². The Morgan fingerprint density at radius 2 is 2.09 bits per heavy atom. The SMILES string of the molecule is C[C@@H]1CN(c2ccn3ncc(C(=O)Nc4cn(C5CCC(O)CC5)nc4C(F)F)c3n2)CCO1. The van der Waals surface area contributed by atoms with Crippen LogP contribution in [0, 0.1) is 0 Å². The lowest BCUT2D eigenvalue weighted by Gasteiger charge is -2.31. The fourth-order valence-corrected chi connectivity index (χ4v) is 4.58. The number of amides is 1. The highest BCUT2D eigenvalue weighted by molar-refractivity contribution is 6.08. The predicted octanol–water partition coefficient (Wildman–Crippen LogP) is 2.82. The van der Waals surface area contributed by atoms with Gasteiger partial charge in [-0.15, -0.1) is 0 Å². The highest BCUT2D eigenvalue weighted by atomic mass is 19.3. The first-order valence-corrected chi connectivity index (χ1v) is 11.5. The van der Waals surface area contributed by atoms with Gasteiger partial charge in [-0.3, -0.25) is 9.48 Å². The van der Waals surface area contributed by atoms with E-state index in [9.17, 15) is 18.7 Å². The van der Waals surface area contributed by atoms with E-state index in [4.69, 9.17) is 4.74 Å². The summed E-state index contributed by atoms with van der Waals surface area (Å²) in [5.74, 6) is 0.105. The van der Waals surface area contributed by atoms with Gasteiger partial charge < -0.3 is 20.1 Å². The van der Waals surface area contributed by atoms with E-state index in [0.717, 1.165) is 0 Å². The van der Waals surface area contributed by atoms with Gasteiger partial charge in [-0.05, 0) is 38.7 Å². The predicted molar refractivity (Wildman–Crippen MR) is 119 cm³/mol. The number of aliphatic hydroxyl groups excluding tert-OH is 1. The molecule has 5 rings (SSSR count). The summed E-state index contributed by atoms with van der Waals surface area (Å²) in [6.45, 7) is 3.92. The summed E-state index contributed by atoms with van der Waals surface area (Å²) in [4.78, 5) is 19.8. The summed E-state index contributed by atoms with van der Waals surface area (Å²) in [6.07, 6.45) is 3.85. The molecular weight excluding hydrogens is 448 g/mol. The third-order valence-corrected chi connectivity index (χ3v) is 6.42. The lowest BCUT2D eigenvalue weighted by molar-refractivity contribution is 0.0529. The fraction of sp³-hybridized carbons (Fsp3) is 0.545. The van der Waals surface area contributed by atoms with Gasteiger partial charge >= 0.3 is 0 Å². The van der Waals surface area contributed by atoms with Crippen LogP contribution in [0.25, 0.3) is 5.65 Å². The summed E-state index contributed by atoms with van der Waals surface area (Å²) < 4.78 is 35.9. The minimum Gasteiger partial charge on any atom is -0.393 e. The van der Waals surface area contributed by atoms with Gasteiger partial charge in [0.1, 0.15) is 11.4 Å². The normalized spacial score (nSPS) is 23.6. The maximum Gasteiger partial charge on any atom is 0.284 e. The van der Waals surface area contributed by atoms with Crippen LogP contribution >= 0.6 is 0 Å². The van der Waals surface area contributed by atoms with E-state index in [2.05, 4.69) is 25.4 Å². The molecule has 2 N–H and O–H groups in total. The Kier molecular flexibility index (Phi) is 6.17. The highest BCUT2D eigenvalue weighted by Gasteiger charge is 2.27. The van der Waals surface area contributed by atoms with Gasteiger partial charge in [0.2, 0.25) is 0 Å². The van der Waals surface area contributed by atoms with E-state index >= 15 is 0 Å². The van der Waals surface area contributed by atoms with E-state index in [-0.39, 0.29) is 29.5 Å². The van der Waals surface area contributed by atoms with Gasteiger partial charge in [0.05, 0.1) is 36.7 Å². The van der Waals surface area contributed by atoms with Crippen molar-refractivity contribution in [1.29, 1.82) is 0 Å². The number of carbonyl (C=O) groups excluding carboxylic acids is 1. The number of aliphatic hydroxyl groups is 1. The van der Waals surface area contributed by atoms with E-state index in [0.29, 0.717) is 56.8 Å². The zero-order chi connectivity index (χ0) is 23.8. The van der Waals surface area contributed by atoms with Gasteiger partial charge in [-0.1, -0.05) is 0 Å². The largest absolute Gasteiger partial charge is 0.393 e. The number of morpholine rings is 1. The quantitative estimate of drug-likeness (QED) is 0.584. The third kappa shape index (κ3) is 4.47. The highest BCUT2D eigenvalue weighted by Crippen LogP contribution is 2.33. The number of hydrogen-bond donors (Lipinski definition) is 2. The molecule has 2 fully saturated rings. The number of nitrogens with one attached hydrogen (secondary N) is 1. The molecule has 3 aromatic rings. The Morgan fingerprint density at radius 1 is 1.29 bits per heavy atom. The standard InChI is InChI=1S/C22H27F2N7O3/c1-13-11-29(8-9-34-13)18-6-7-30-21(27-18)16(10-25-30)22(33)26-17-12-31(28-19(17)20(23)24)14-2-4-15(32)5-3-14/h6-7,10,12-15,20,32H,2-5,8-9,11H2,1H3,(H,26,33)/t13-,14?,15?/m1/s1. The molecule has 182 valence electrons. The Bertz CT molecular complexity index is 1170. The van der Waals surface area contributed by atoms with E-state index in [1.165, 1.54) is 21.6 Å². The molecule has 3 aromatic heterocycles. The molecule has 0 bridgehead atoms. The van der Waals surface area contributed by atoms with Crippen LogP contribution in [-0.4, -0.2) is 67.3 Å². The Morgan fingerprint density at radius 3 is 2.82 bits per heavy atom. The van der Waals surface area contributed by atoms with E-state index in [1.807, 2.05) is 13.0 Å². The molecule has 1 saturated carbocycles. The molecule has 1 amide bonds. The van der Waals surface area contributed by atoms with Crippen LogP contribution < -0.4 is 10.2 Å². The van der Waals surface area contributed by atoms with Crippen LogP contribution in [-0.2, 0) is 4.74 Å². The number of ether oxygens (including phenoxy) is 1. The van der Waals surface area contributed by atoms with Gasteiger partial charge in [0, 0.05) is 25.5 Å². The number of rotatable bonds is 5. The maximum absolute atomic E-state index is 13.7. The van der Waals surface area contributed by atoms with Crippen LogP contribution in [0.3, 0.4) is 0 Å². The minimum atomic E-state index is -2.84. The molecule has 0 spiro atoms. The summed E-state index contributed by atoms with van der Waals surface area (Å²) in [6, 6.07) is 1.73. The number of fused-ring (bicyclic) bond motifs is 1. The smallest absolute Gasteiger partial charge is 0.284 e. The second-order valence-electron chi connectivity index (χ2n) is 8.86. The van der Waals surface area contributed by atoms with Crippen LogP contribution in [0.15, 0.2) is 24.7 Å². The lowest BCUT2D eigenvalue weighted by Crippen LogP contribution is -2.41. The van der Waals surface area contributed by atoms with Crippen molar-refractivity contribution in [3.63, 3.8) is 0 Å². The van der Waals surface area contributed by atoms with Crippen molar-refractivity contribution in [2.75, 3.05) is 29.9 Å². The van der Waals surface area contributed by atoms with Crippen molar-refractivity contribution >= 4 is 23.1 Å². The van der Waals surface area contributed by atoms with E-state index in [1.54, 1.807) is 6.20 Å². The summed E-state index contributed by atoms with van der Waals surface area (Å²) in [5.41, 5.74) is -0.00570. The van der Waals surface area contributed by atoms with Crippen molar-refractivity contribution in [1.82, 2.24) is 24.4 Å². The molecule has 10 nitrogen and oxygen atoms in total. The van der Waals surface area contributed by atoms with Crippen LogP contribution in [0.4, 0.5) is 20.3 Å². The number of aromatic nitrogens is 5. The minimum absolute atomic E-state index is 0.0383. The first-order chi connectivity index (χ1) is 16.4. The van der Waals surface area contributed by atoms with Crippen LogP contribution in [0.5, 0.6) is 0 Å². The zero-order valence-electron chi connectivity index (χ0n) is 18.8. The van der Waals surface area contributed by atoms with Gasteiger partial charge in [0.25, 0.3) is 12.3 Å². The first-order valence-electron chi connectivity index (χ1n) is 11.5. The molecule has 1 aliphatic carbocycles. The number of anilines is 2. The van der Waals surface area contributed by atoms with Crippen molar-refractivity contribution in [3.8, 4) is 0 Å². The topological polar surface area (TPSA) is 110 Å². The molecule has 0 aromatic carbocycles. The average Bonchev–Trinajstić information content (AvgIpc) is 3.43. The molecule has 0 unspecified atom stereocenters. The summed E-state index contributed by atoms with van der Waals surface area (Å²) >= 11 is 0. The molecule has 34 heavy (non-hydrogen) atoms. The fourth-order valence-electron chi connectivity index (χ4n) is 4.58. The molecule has 1 saturated heterocycles. The second kappa shape index (κ2) is 9.26. The average molecular weight is 476 g/mol. The zero-order valence-corrected chi connectivity index (χ0v) is 18.8. The molecular formula is C22H27F2N7O3. The van der Waals surface area contributed by atoms with Crippen LogP contribution in [0.2, 0.25) is 0 Å². The molecule has 12 heteroatoms. The van der Waals surface area contributed by atoms with Crippen molar-refractivity contribution in [2.45, 2.75) is 57.3 Å². The van der Waals surface area contributed by atoms with Gasteiger partial charge in [-0.2, -0.15) is 10.2 Å². The number of halogens is 2. The number of nitrogens with zero attached hydrogens (tertiary/aromatic N) is 6. The molecule has 1 atom stereocenters. The molecule has 1 aliphatic heterocycles. The summed E-state index contributed by atoms with van der Waals surface area (Å²) in [7, 11) is 0. The maximum atomic E-state index is 13.7. The van der Waals surface area contributed by atoms with Crippen molar-refractivity contribution in [2.24, 2.45) is 0 Å². The second-order valence-corrected chi connectivity index (χ2v) is 8.86. The third-order valence-electron chi connectivity index (χ3n) is 6.42. The van der Waals surface area contributed by atoms with Crippen molar-refractivity contribution < 1.29 is 23.4 Å². The Balaban J connectivity index is 1.39. The number of hydrogen-bond acceptors (Lipinski definition) is 7. The number of carbonyl (C=O) groups is 1. The molecule has 2 aliphatic rings. The Labute approximate surface area is 194 Å². The van der Waals surface area contributed by atoms with Gasteiger partial charge in [-0.25, -0.2) is 18.3 Å². The molecule has 0 radical (unpaired) electrons. The number of alkyl halides is 2. The van der Waals surface area contributed by atoms with Gasteiger partial charge in [0.15, 0.2) is 11.3 Å². The molecule has 4 heterocycles. The first kappa shape index (κ1) is 22.7.